The molecule has 0 aliphatic heterocycles. The third kappa shape index (κ3) is 5.44. The Kier molecular flexibility index (Phi) is 6.95. The van der Waals surface area contributed by atoms with Crippen LogP contribution in [0.3, 0.4) is 0 Å². The first-order chi connectivity index (χ1) is 18.3. The molecule has 0 bridgehead atoms. The molecule has 0 atom stereocenters. The van der Waals surface area contributed by atoms with Crippen molar-refractivity contribution in [3.63, 3.8) is 0 Å². The molecule has 0 radical (unpaired) electrons. The standard InChI is InChI=1S/C29H27N5O3S/c1-34(2)19-20-10-12-22(13-11-20)31-28(21-7-4-3-5-8-21)27-25-17-23(14-15-26(25)32-29(27)35)33-38(36,37)24-9-6-16-30-18-24/h3-18,32-33,35H,19H2,1-2H3. The molecule has 2 heterocycles. The van der Waals surface area contributed by atoms with E-state index in [1.54, 1.807) is 24.3 Å². The third-order valence-electron chi connectivity index (χ3n) is 5.94. The zero-order valence-corrected chi connectivity index (χ0v) is 21.8. The van der Waals surface area contributed by atoms with E-state index in [-0.39, 0.29) is 10.8 Å². The number of rotatable bonds is 8. The van der Waals surface area contributed by atoms with Gasteiger partial charge in [0, 0.05) is 41.1 Å². The Morgan fingerprint density at radius 2 is 1.76 bits per heavy atom. The molecule has 0 aliphatic rings. The molecule has 9 heteroatoms. The van der Waals surface area contributed by atoms with Crippen LogP contribution in [0.2, 0.25) is 0 Å². The number of sulfonamides is 1. The number of benzene rings is 3. The van der Waals surface area contributed by atoms with Crippen LogP contribution in [0, 0.1) is 0 Å². The van der Waals surface area contributed by atoms with E-state index in [9.17, 15) is 13.5 Å². The molecule has 0 spiro atoms. The van der Waals surface area contributed by atoms with Crippen LogP contribution in [0.4, 0.5) is 11.4 Å². The summed E-state index contributed by atoms with van der Waals surface area (Å²) >= 11 is 0. The molecule has 0 fully saturated rings. The van der Waals surface area contributed by atoms with Crippen molar-refractivity contribution in [2.24, 2.45) is 4.99 Å². The minimum absolute atomic E-state index is 0.0564. The maximum Gasteiger partial charge on any atom is 0.263 e. The fraction of sp³-hybridized carbons (Fsp3) is 0.103. The quantitative estimate of drug-likeness (QED) is 0.238. The predicted octanol–water partition coefficient (Wildman–Crippen LogP) is 5.30. The highest BCUT2D eigenvalue weighted by Gasteiger charge is 2.20. The molecule has 0 amide bonds. The summed E-state index contributed by atoms with van der Waals surface area (Å²) in [5, 5.41) is 11.6. The third-order valence-corrected chi connectivity index (χ3v) is 7.30. The van der Waals surface area contributed by atoms with Gasteiger partial charge >= 0.3 is 0 Å². The molecule has 38 heavy (non-hydrogen) atoms. The summed E-state index contributed by atoms with van der Waals surface area (Å²) in [5.74, 6) is -0.0564. The van der Waals surface area contributed by atoms with E-state index in [0.29, 0.717) is 27.9 Å². The highest BCUT2D eigenvalue weighted by Crippen LogP contribution is 2.33. The minimum Gasteiger partial charge on any atom is -0.494 e. The molecule has 0 unspecified atom stereocenters. The topological polar surface area (TPSA) is 111 Å². The Morgan fingerprint density at radius 1 is 1.00 bits per heavy atom. The number of fused-ring (bicyclic) bond motifs is 1. The number of aromatic hydroxyl groups is 1. The van der Waals surface area contributed by atoms with Crippen LogP contribution >= 0.6 is 0 Å². The lowest BCUT2D eigenvalue weighted by atomic mass is 10.0. The molecule has 0 aliphatic carbocycles. The van der Waals surface area contributed by atoms with Crippen LogP contribution in [-0.4, -0.2) is 48.2 Å². The van der Waals surface area contributed by atoms with E-state index in [4.69, 9.17) is 4.99 Å². The van der Waals surface area contributed by atoms with Gasteiger partial charge < -0.3 is 15.0 Å². The second kappa shape index (κ2) is 10.5. The summed E-state index contributed by atoms with van der Waals surface area (Å²) in [6, 6.07) is 25.6. The van der Waals surface area contributed by atoms with Gasteiger partial charge in [0.05, 0.1) is 17.0 Å². The fourth-order valence-electron chi connectivity index (χ4n) is 4.23. The normalized spacial score (nSPS) is 12.2. The van der Waals surface area contributed by atoms with Gasteiger partial charge in [0.25, 0.3) is 10.0 Å². The molecule has 8 nitrogen and oxygen atoms in total. The molecular weight excluding hydrogens is 498 g/mol. The predicted molar refractivity (Wildman–Crippen MR) is 151 cm³/mol. The lowest BCUT2D eigenvalue weighted by Gasteiger charge is -2.11. The molecule has 5 aromatic rings. The van der Waals surface area contributed by atoms with Gasteiger partial charge in [0.15, 0.2) is 5.88 Å². The van der Waals surface area contributed by atoms with Gasteiger partial charge in [-0.15, -0.1) is 0 Å². The Bertz CT molecular complexity index is 1700. The van der Waals surface area contributed by atoms with Gasteiger partial charge in [-0.25, -0.2) is 13.4 Å². The molecule has 0 saturated heterocycles. The van der Waals surface area contributed by atoms with E-state index in [2.05, 4.69) is 19.6 Å². The van der Waals surface area contributed by atoms with E-state index < -0.39 is 10.0 Å². The van der Waals surface area contributed by atoms with Crippen molar-refractivity contribution in [3.8, 4) is 5.88 Å². The van der Waals surface area contributed by atoms with Gasteiger partial charge in [-0.1, -0.05) is 42.5 Å². The zero-order chi connectivity index (χ0) is 26.7. The second-order valence-electron chi connectivity index (χ2n) is 9.13. The number of aromatic nitrogens is 2. The Morgan fingerprint density at radius 3 is 2.45 bits per heavy atom. The molecule has 0 saturated carbocycles. The van der Waals surface area contributed by atoms with E-state index in [0.717, 1.165) is 23.4 Å². The number of hydrogen-bond acceptors (Lipinski definition) is 6. The van der Waals surface area contributed by atoms with Crippen molar-refractivity contribution in [2.45, 2.75) is 11.4 Å². The lowest BCUT2D eigenvalue weighted by Crippen LogP contribution is -2.13. The molecule has 5 rings (SSSR count). The molecule has 2 aromatic heterocycles. The van der Waals surface area contributed by atoms with E-state index in [1.165, 1.54) is 18.5 Å². The molecule has 3 aromatic carbocycles. The minimum atomic E-state index is -3.84. The lowest BCUT2D eigenvalue weighted by molar-refractivity contribution is 0.402. The zero-order valence-electron chi connectivity index (χ0n) is 21.0. The summed E-state index contributed by atoms with van der Waals surface area (Å²) in [6.07, 6.45) is 2.80. The monoisotopic (exact) mass is 525 g/mol. The van der Waals surface area contributed by atoms with Crippen molar-refractivity contribution >= 4 is 38.0 Å². The summed E-state index contributed by atoms with van der Waals surface area (Å²) < 4.78 is 28.4. The number of pyridine rings is 1. The van der Waals surface area contributed by atoms with Crippen molar-refractivity contribution in [1.29, 1.82) is 0 Å². The number of anilines is 1. The fourth-order valence-corrected chi connectivity index (χ4v) is 5.24. The van der Waals surface area contributed by atoms with Crippen LogP contribution in [0.5, 0.6) is 5.88 Å². The smallest absolute Gasteiger partial charge is 0.263 e. The van der Waals surface area contributed by atoms with E-state index in [1.807, 2.05) is 68.7 Å². The SMILES string of the molecule is CN(C)Cc1ccc(N=C(c2ccccc2)c2c(O)[nH]c3ccc(NS(=O)(=O)c4cccnc4)cc23)cc1. The van der Waals surface area contributed by atoms with Crippen LogP contribution in [0.25, 0.3) is 10.9 Å². The summed E-state index contributed by atoms with van der Waals surface area (Å²) in [5.41, 5.74) is 4.73. The van der Waals surface area contributed by atoms with Crippen molar-refractivity contribution in [2.75, 3.05) is 18.8 Å². The first-order valence-electron chi connectivity index (χ1n) is 12.0. The van der Waals surface area contributed by atoms with E-state index >= 15 is 0 Å². The van der Waals surface area contributed by atoms with Crippen LogP contribution < -0.4 is 4.72 Å². The Balaban J connectivity index is 1.60. The van der Waals surface area contributed by atoms with Crippen LogP contribution in [0.1, 0.15) is 16.7 Å². The van der Waals surface area contributed by atoms with Crippen molar-refractivity contribution < 1.29 is 13.5 Å². The maximum atomic E-state index is 12.9. The van der Waals surface area contributed by atoms with Crippen molar-refractivity contribution in [1.82, 2.24) is 14.9 Å². The summed E-state index contributed by atoms with van der Waals surface area (Å²) in [7, 11) is 0.196. The average Bonchev–Trinajstić information content (AvgIpc) is 3.23. The largest absolute Gasteiger partial charge is 0.494 e. The first kappa shape index (κ1) is 25.2. The van der Waals surface area contributed by atoms with Gasteiger partial charge in [-0.2, -0.15) is 0 Å². The number of nitrogens with zero attached hydrogens (tertiary/aromatic N) is 3. The van der Waals surface area contributed by atoms with Gasteiger partial charge in [0.1, 0.15) is 4.90 Å². The van der Waals surface area contributed by atoms with Crippen LogP contribution in [0.15, 0.2) is 107 Å². The van der Waals surface area contributed by atoms with Crippen molar-refractivity contribution in [3.05, 3.63) is 114 Å². The number of hydrogen-bond donors (Lipinski definition) is 3. The number of H-pyrrole nitrogens is 1. The first-order valence-corrected chi connectivity index (χ1v) is 13.4. The summed E-state index contributed by atoms with van der Waals surface area (Å²) in [4.78, 5) is 14.0. The maximum absolute atomic E-state index is 12.9. The van der Waals surface area contributed by atoms with Gasteiger partial charge in [-0.05, 0) is 62.1 Å². The number of nitrogens with one attached hydrogen (secondary N) is 2. The molecule has 3 N–H and O–H groups in total. The molecular formula is C29H27N5O3S. The highest BCUT2D eigenvalue weighted by molar-refractivity contribution is 7.92. The van der Waals surface area contributed by atoms with Gasteiger partial charge in [0.2, 0.25) is 0 Å². The Hall–Kier alpha value is -4.47. The Labute approximate surface area is 221 Å². The average molecular weight is 526 g/mol. The second-order valence-corrected chi connectivity index (χ2v) is 10.8. The van der Waals surface area contributed by atoms with Crippen LogP contribution in [-0.2, 0) is 16.6 Å². The number of aromatic amines is 1. The molecule has 192 valence electrons. The number of aliphatic imine (C=N–C) groups is 1. The van der Waals surface area contributed by atoms with Gasteiger partial charge in [-0.3, -0.25) is 9.71 Å². The highest BCUT2D eigenvalue weighted by atomic mass is 32.2. The summed E-state index contributed by atoms with van der Waals surface area (Å²) in [6.45, 7) is 0.816.